The second-order valence-corrected chi connectivity index (χ2v) is 20.6. The van der Waals surface area contributed by atoms with Crippen LogP contribution in [0.15, 0.2) is 24.3 Å². The van der Waals surface area contributed by atoms with E-state index in [2.05, 4.69) is 31.3 Å². The molecular weight excluding hydrogens is 799 g/mol. The lowest BCUT2D eigenvalue weighted by molar-refractivity contribution is -0.131. The third-order valence-corrected chi connectivity index (χ3v) is 14.0. The van der Waals surface area contributed by atoms with Crippen LogP contribution in [0.25, 0.3) is 0 Å². The molecule has 3 atom stereocenters. The summed E-state index contributed by atoms with van der Waals surface area (Å²) < 4.78 is 0. The van der Waals surface area contributed by atoms with Crippen molar-refractivity contribution in [1.29, 1.82) is 0 Å². The first kappa shape index (κ1) is 63.8. The molecule has 0 aromatic carbocycles. The van der Waals surface area contributed by atoms with E-state index in [0.717, 1.165) is 32.1 Å². The van der Waals surface area contributed by atoms with E-state index in [1.807, 2.05) is 6.08 Å². The predicted molar refractivity (Wildman–Crippen MR) is 287 cm³/mol. The Morgan fingerprint density at radius 3 is 0.892 bits per heavy atom. The number of carbonyl (C=O) groups is 1. The average molecular weight is 917 g/mol. The normalized spacial score (nSPS) is 13.4. The lowest BCUT2D eigenvalue weighted by Gasteiger charge is -2.21. The van der Waals surface area contributed by atoms with Crippen LogP contribution < -0.4 is 5.32 Å². The fraction of sp³-hybridized carbons (Fsp3) is 0.917. The summed E-state index contributed by atoms with van der Waals surface area (Å²) in [6, 6.07) is -0.797. The van der Waals surface area contributed by atoms with Crippen molar-refractivity contribution in [3.63, 3.8) is 0 Å². The van der Waals surface area contributed by atoms with Crippen molar-refractivity contribution in [2.75, 3.05) is 6.61 Å². The first-order valence-corrected chi connectivity index (χ1v) is 29.7. The van der Waals surface area contributed by atoms with Gasteiger partial charge in [0.2, 0.25) is 5.91 Å². The highest BCUT2D eigenvalue weighted by Gasteiger charge is 2.22. The molecule has 0 aliphatic rings. The highest BCUT2D eigenvalue weighted by atomic mass is 16.3. The van der Waals surface area contributed by atoms with Gasteiger partial charge in [0.15, 0.2) is 0 Å². The first-order chi connectivity index (χ1) is 32.1. The van der Waals surface area contributed by atoms with Gasteiger partial charge in [0, 0.05) is 0 Å². The molecule has 5 nitrogen and oxygen atoms in total. The number of aliphatic hydroxyl groups is 3. The van der Waals surface area contributed by atoms with Gasteiger partial charge in [0.1, 0.15) is 6.10 Å². The number of amides is 1. The molecule has 0 rings (SSSR count). The maximum atomic E-state index is 12.6. The Morgan fingerprint density at radius 2 is 0.615 bits per heavy atom. The van der Waals surface area contributed by atoms with Crippen molar-refractivity contribution in [2.24, 2.45) is 0 Å². The summed E-state index contributed by atoms with van der Waals surface area (Å²) in [5.41, 5.74) is 0. The summed E-state index contributed by atoms with van der Waals surface area (Å²) in [5.74, 6) is -0.498. The molecule has 0 aliphatic carbocycles. The van der Waals surface area contributed by atoms with Gasteiger partial charge in [-0.15, -0.1) is 0 Å². The average Bonchev–Trinajstić information content (AvgIpc) is 3.31. The Bertz CT molecular complexity index is 967. The lowest BCUT2D eigenvalue weighted by atomic mass is 10.0. The molecule has 0 fully saturated rings. The fourth-order valence-electron chi connectivity index (χ4n) is 9.42. The van der Waals surface area contributed by atoms with Gasteiger partial charge < -0.3 is 20.6 Å². The number of hydrogen-bond acceptors (Lipinski definition) is 4. The SMILES string of the molecule is CCCCCCCCCCCCCC/C=C\CCCCCCCCCCCCCCC(O)C(=O)NC(CO)C(O)/C=C/CCCCCCCCCCCCCCCCCCCCCCC. The third-order valence-electron chi connectivity index (χ3n) is 14.0. The molecule has 386 valence electrons. The molecule has 0 aromatic heterocycles. The zero-order valence-corrected chi connectivity index (χ0v) is 44.1. The van der Waals surface area contributed by atoms with Crippen LogP contribution in [0.3, 0.4) is 0 Å². The number of hydrogen-bond donors (Lipinski definition) is 4. The Labute approximate surface area is 407 Å². The largest absolute Gasteiger partial charge is 0.394 e. The molecular formula is C60H117NO4. The standard InChI is InChI=1S/C60H117NO4/c1-3-5-7-9-11-13-15-17-19-21-23-25-27-28-29-30-31-33-35-37-39-41-43-45-47-49-51-53-55-59(64)60(65)61-57(56-62)58(63)54-52-50-48-46-44-42-40-38-36-34-32-26-24-22-20-18-16-14-12-10-8-6-4-2/h28-29,52,54,57-59,62-64H,3-27,30-51,53,55-56H2,1-2H3,(H,61,65)/b29-28-,54-52+. The van der Waals surface area contributed by atoms with E-state index in [1.165, 1.54) is 276 Å². The smallest absolute Gasteiger partial charge is 0.249 e. The Kier molecular flexibility index (Phi) is 54.4. The van der Waals surface area contributed by atoms with Crippen LogP contribution in [0.4, 0.5) is 0 Å². The molecule has 0 bridgehead atoms. The van der Waals surface area contributed by atoms with Crippen molar-refractivity contribution in [2.45, 2.75) is 347 Å². The number of unbranched alkanes of at least 4 members (excludes halogenated alkanes) is 45. The molecule has 0 saturated carbocycles. The van der Waals surface area contributed by atoms with E-state index in [4.69, 9.17) is 0 Å². The zero-order valence-electron chi connectivity index (χ0n) is 44.1. The maximum absolute atomic E-state index is 12.6. The van der Waals surface area contributed by atoms with E-state index in [0.29, 0.717) is 6.42 Å². The lowest BCUT2D eigenvalue weighted by Crippen LogP contribution is -2.48. The van der Waals surface area contributed by atoms with E-state index in [1.54, 1.807) is 6.08 Å². The van der Waals surface area contributed by atoms with Crippen LogP contribution in [0.2, 0.25) is 0 Å². The van der Waals surface area contributed by atoms with Gasteiger partial charge in [-0.05, 0) is 44.9 Å². The van der Waals surface area contributed by atoms with Crippen LogP contribution in [0, 0.1) is 0 Å². The molecule has 0 saturated heterocycles. The molecule has 65 heavy (non-hydrogen) atoms. The zero-order chi connectivity index (χ0) is 47.2. The van der Waals surface area contributed by atoms with Crippen LogP contribution in [-0.4, -0.2) is 46.1 Å². The van der Waals surface area contributed by atoms with Crippen LogP contribution in [0.5, 0.6) is 0 Å². The minimum Gasteiger partial charge on any atom is -0.394 e. The van der Waals surface area contributed by atoms with Crippen LogP contribution in [0.1, 0.15) is 328 Å². The molecule has 4 N–H and O–H groups in total. The molecule has 0 radical (unpaired) electrons. The van der Waals surface area contributed by atoms with Gasteiger partial charge in [-0.2, -0.15) is 0 Å². The molecule has 5 heteroatoms. The molecule has 0 aliphatic heterocycles. The van der Waals surface area contributed by atoms with Crippen molar-refractivity contribution in [1.82, 2.24) is 5.32 Å². The monoisotopic (exact) mass is 916 g/mol. The Balaban J connectivity index is 3.54. The summed E-state index contributed by atoms with van der Waals surface area (Å²) >= 11 is 0. The minimum absolute atomic E-state index is 0.361. The van der Waals surface area contributed by atoms with E-state index < -0.39 is 24.2 Å². The number of carbonyl (C=O) groups excluding carboxylic acids is 1. The highest BCUT2D eigenvalue weighted by molar-refractivity contribution is 5.80. The summed E-state index contributed by atoms with van der Waals surface area (Å²) in [5, 5.41) is 33.4. The number of allylic oxidation sites excluding steroid dienone is 3. The molecule has 0 heterocycles. The van der Waals surface area contributed by atoms with Gasteiger partial charge in [-0.25, -0.2) is 0 Å². The molecule has 0 spiro atoms. The minimum atomic E-state index is -1.10. The third kappa shape index (κ3) is 50.5. The number of nitrogens with one attached hydrogen (secondary N) is 1. The Morgan fingerprint density at radius 1 is 0.369 bits per heavy atom. The van der Waals surface area contributed by atoms with Crippen molar-refractivity contribution in [3.8, 4) is 0 Å². The van der Waals surface area contributed by atoms with Crippen molar-refractivity contribution in [3.05, 3.63) is 24.3 Å². The van der Waals surface area contributed by atoms with Gasteiger partial charge in [-0.3, -0.25) is 4.79 Å². The predicted octanol–water partition coefficient (Wildman–Crippen LogP) is 18.5. The van der Waals surface area contributed by atoms with Gasteiger partial charge in [-0.1, -0.05) is 308 Å². The van der Waals surface area contributed by atoms with E-state index in [-0.39, 0.29) is 6.61 Å². The van der Waals surface area contributed by atoms with Gasteiger partial charge in [0.25, 0.3) is 0 Å². The first-order valence-electron chi connectivity index (χ1n) is 29.7. The summed E-state index contributed by atoms with van der Waals surface area (Å²) in [6.45, 7) is 4.23. The topological polar surface area (TPSA) is 89.8 Å². The summed E-state index contributed by atoms with van der Waals surface area (Å²) in [4.78, 5) is 12.6. The molecule has 3 unspecified atom stereocenters. The van der Waals surface area contributed by atoms with Crippen LogP contribution >= 0.6 is 0 Å². The van der Waals surface area contributed by atoms with Gasteiger partial charge in [0.05, 0.1) is 18.8 Å². The summed E-state index contributed by atoms with van der Waals surface area (Å²) in [7, 11) is 0. The number of rotatable bonds is 55. The summed E-state index contributed by atoms with van der Waals surface area (Å²) in [6.07, 6.45) is 71.2. The Hall–Kier alpha value is -1.17. The van der Waals surface area contributed by atoms with E-state index in [9.17, 15) is 20.1 Å². The van der Waals surface area contributed by atoms with Crippen molar-refractivity contribution < 1.29 is 20.1 Å². The van der Waals surface area contributed by atoms with Crippen molar-refractivity contribution >= 4 is 5.91 Å². The molecule has 1 amide bonds. The van der Waals surface area contributed by atoms with Gasteiger partial charge >= 0.3 is 0 Å². The molecule has 0 aromatic rings. The quantitative estimate of drug-likeness (QED) is 0.0361. The fourth-order valence-corrected chi connectivity index (χ4v) is 9.42. The number of aliphatic hydroxyl groups excluding tert-OH is 3. The maximum Gasteiger partial charge on any atom is 0.249 e. The second kappa shape index (κ2) is 55.4. The highest BCUT2D eigenvalue weighted by Crippen LogP contribution is 2.18. The van der Waals surface area contributed by atoms with E-state index >= 15 is 0 Å². The van der Waals surface area contributed by atoms with Crippen LogP contribution in [-0.2, 0) is 4.79 Å². The second-order valence-electron chi connectivity index (χ2n) is 20.6.